The molecule has 0 radical (unpaired) electrons. The van der Waals surface area contributed by atoms with Crippen molar-refractivity contribution in [3.63, 3.8) is 0 Å². The van der Waals surface area contributed by atoms with Crippen molar-refractivity contribution in [3.05, 3.63) is 63.9 Å². The van der Waals surface area contributed by atoms with Crippen LogP contribution in [0.5, 0.6) is 0 Å². The van der Waals surface area contributed by atoms with Gasteiger partial charge in [0.2, 0.25) is 0 Å². The summed E-state index contributed by atoms with van der Waals surface area (Å²) in [6.07, 6.45) is 1.78. The molecule has 0 heterocycles. The molecular formula is C14H10BrFOS. The molecule has 2 aromatic carbocycles. The van der Waals surface area contributed by atoms with Crippen LogP contribution in [0.2, 0.25) is 0 Å². The molecule has 2 rings (SSSR count). The van der Waals surface area contributed by atoms with Crippen molar-refractivity contribution in [2.24, 2.45) is 0 Å². The van der Waals surface area contributed by atoms with E-state index in [1.807, 2.05) is 6.07 Å². The first kappa shape index (κ1) is 13.3. The van der Waals surface area contributed by atoms with Crippen molar-refractivity contribution < 1.29 is 9.18 Å². The average Bonchev–Trinajstić information content (AvgIpc) is 2.40. The Labute approximate surface area is 118 Å². The molecular weight excluding hydrogens is 315 g/mol. The lowest BCUT2D eigenvalue weighted by Crippen LogP contribution is -2.05. The lowest BCUT2D eigenvalue weighted by Gasteiger charge is -2.08. The summed E-state index contributed by atoms with van der Waals surface area (Å²) < 4.78 is 14.9. The van der Waals surface area contributed by atoms with Gasteiger partial charge in [0.25, 0.3) is 0 Å². The van der Waals surface area contributed by atoms with E-state index in [9.17, 15) is 9.18 Å². The third kappa shape index (κ3) is 2.49. The Kier molecular flexibility index (Phi) is 4.19. The second-order valence-electron chi connectivity index (χ2n) is 3.64. The van der Waals surface area contributed by atoms with Crippen LogP contribution in [0.3, 0.4) is 0 Å². The molecule has 0 fully saturated rings. The maximum Gasteiger partial charge on any atom is 0.196 e. The number of ketones is 1. The van der Waals surface area contributed by atoms with Crippen LogP contribution in [0.25, 0.3) is 0 Å². The third-order valence-electron chi connectivity index (χ3n) is 2.53. The van der Waals surface area contributed by atoms with Crippen LogP contribution in [0.15, 0.2) is 51.8 Å². The second-order valence-corrected chi connectivity index (χ2v) is 5.31. The summed E-state index contributed by atoms with van der Waals surface area (Å²) in [6, 6.07) is 11.9. The fourth-order valence-corrected chi connectivity index (χ4v) is 2.98. The normalized spacial score (nSPS) is 10.4. The summed E-state index contributed by atoms with van der Waals surface area (Å²) in [7, 11) is 0. The highest BCUT2D eigenvalue weighted by atomic mass is 79.9. The van der Waals surface area contributed by atoms with E-state index in [1.165, 1.54) is 17.8 Å². The van der Waals surface area contributed by atoms with Crippen molar-refractivity contribution in [3.8, 4) is 0 Å². The summed E-state index contributed by atoms with van der Waals surface area (Å²) in [5, 5.41) is 0. The van der Waals surface area contributed by atoms with Crippen LogP contribution in [-0.4, -0.2) is 12.0 Å². The summed E-state index contributed by atoms with van der Waals surface area (Å²) in [6.45, 7) is 0. The quantitative estimate of drug-likeness (QED) is 0.609. The van der Waals surface area contributed by atoms with Gasteiger partial charge in [-0.3, -0.25) is 4.79 Å². The highest BCUT2D eigenvalue weighted by molar-refractivity contribution is 9.10. The zero-order valence-corrected chi connectivity index (χ0v) is 12.0. The van der Waals surface area contributed by atoms with E-state index in [4.69, 9.17) is 0 Å². The van der Waals surface area contributed by atoms with Gasteiger partial charge in [-0.1, -0.05) is 30.3 Å². The van der Waals surface area contributed by atoms with Gasteiger partial charge in [-0.05, 0) is 34.3 Å². The molecule has 0 aliphatic heterocycles. The van der Waals surface area contributed by atoms with Crippen LogP contribution in [-0.2, 0) is 0 Å². The number of benzene rings is 2. The molecule has 0 spiro atoms. The summed E-state index contributed by atoms with van der Waals surface area (Å²) in [4.78, 5) is 12.6. The van der Waals surface area contributed by atoms with Crippen LogP contribution in [0.4, 0.5) is 4.39 Å². The van der Waals surface area contributed by atoms with E-state index in [-0.39, 0.29) is 11.3 Å². The molecule has 4 heteroatoms. The van der Waals surface area contributed by atoms with Crippen molar-refractivity contribution in [2.75, 3.05) is 6.26 Å². The van der Waals surface area contributed by atoms with Gasteiger partial charge in [-0.2, -0.15) is 0 Å². The Morgan fingerprint density at radius 1 is 1.17 bits per heavy atom. The topological polar surface area (TPSA) is 17.1 Å². The van der Waals surface area contributed by atoms with Crippen LogP contribution in [0.1, 0.15) is 15.9 Å². The lowest BCUT2D eigenvalue weighted by molar-refractivity contribution is 0.103. The number of carbonyl (C=O) groups is 1. The van der Waals surface area contributed by atoms with Gasteiger partial charge in [0.1, 0.15) is 5.82 Å². The monoisotopic (exact) mass is 324 g/mol. The van der Waals surface area contributed by atoms with Crippen LogP contribution >= 0.6 is 27.7 Å². The van der Waals surface area contributed by atoms with E-state index >= 15 is 0 Å². The van der Waals surface area contributed by atoms with Crippen molar-refractivity contribution in [2.45, 2.75) is 4.90 Å². The molecule has 92 valence electrons. The minimum absolute atomic E-state index is 0.105. The summed E-state index contributed by atoms with van der Waals surface area (Å²) >= 11 is 4.55. The molecule has 0 amide bonds. The molecule has 0 aromatic heterocycles. The maximum absolute atomic E-state index is 14.2. The minimum Gasteiger partial charge on any atom is -0.288 e. The van der Waals surface area contributed by atoms with Gasteiger partial charge in [0.05, 0.1) is 10.5 Å². The van der Waals surface area contributed by atoms with Crippen molar-refractivity contribution in [1.82, 2.24) is 0 Å². The first-order valence-corrected chi connectivity index (χ1v) is 7.28. The van der Waals surface area contributed by atoms with Crippen molar-refractivity contribution >= 4 is 33.5 Å². The summed E-state index contributed by atoms with van der Waals surface area (Å²) in [5.74, 6) is -0.762. The number of thioether (sulfide) groups is 1. The van der Waals surface area contributed by atoms with E-state index < -0.39 is 5.82 Å². The molecule has 0 N–H and O–H groups in total. The SMILES string of the molecule is CSc1c(Br)ccc(C(=O)c2ccccc2)c1F. The summed E-state index contributed by atoms with van der Waals surface area (Å²) in [5.41, 5.74) is 0.597. The van der Waals surface area contributed by atoms with E-state index in [2.05, 4.69) is 15.9 Å². The van der Waals surface area contributed by atoms with Crippen LogP contribution in [0, 0.1) is 5.82 Å². The van der Waals surface area contributed by atoms with Gasteiger partial charge in [0, 0.05) is 10.0 Å². The Balaban J connectivity index is 2.50. The maximum atomic E-state index is 14.2. The Morgan fingerprint density at radius 3 is 2.44 bits per heavy atom. The van der Waals surface area contributed by atoms with Gasteiger partial charge < -0.3 is 0 Å². The average molecular weight is 325 g/mol. The number of hydrogen-bond acceptors (Lipinski definition) is 2. The van der Waals surface area contributed by atoms with E-state index in [0.29, 0.717) is 14.9 Å². The predicted octanol–water partition coefficient (Wildman–Crippen LogP) is 4.54. The molecule has 1 nitrogen and oxygen atoms in total. The van der Waals surface area contributed by atoms with Gasteiger partial charge in [-0.25, -0.2) is 4.39 Å². The van der Waals surface area contributed by atoms with E-state index in [1.54, 1.807) is 36.6 Å². The fraction of sp³-hybridized carbons (Fsp3) is 0.0714. The third-order valence-corrected chi connectivity index (χ3v) is 4.26. The molecule has 0 aliphatic rings. The molecule has 18 heavy (non-hydrogen) atoms. The zero-order valence-electron chi connectivity index (χ0n) is 9.61. The zero-order chi connectivity index (χ0) is 13.1. The largest absolute Gasteiger partial charge is 0.288 e. The highest BCUT2D eigenvalue weighted by Crippen LogP contribution is 2.31. The Bertz CT molecular complexity index is 584. The first-order chi connectivity index (χ1) is 8.65. The smallest absolute Gasteiger partial charge is 0.196 e. The van der Waals surface area contributed by atoms with Gasteiger partial charge in [0.15, 0.2) is 5.78 Å². The molecule has 0 saturated heterocycles. The number of carbonyl (C=O) groups excluding carboxylic acids is 1. The molecule has 0 aliphatic carbocycles. The lowest BCUT2D eigenvalue weighted by atomic mass is 10.0. The molecule has 0 bridgehead atoms. The van der Waals surface area contributed by atoms with Crippen molar-refractivity contribution in [1.29, 1.82) is 0 Å². The van der Waals surface area contributed by atoms with E-state index in [0.717, 1.165) is 0 Å². The van der Waals surface area contributed by atoms with Gasteiger partial charge in [-0.15, -0.1) is 11.8 Å². The molecule has 0 atom stereocenters. The van der Waals surface area contributed by atoms with Gasteiger partial charge >= 0.3 is 0 Å². The molecule has 2 aromatic rings. The standard InChI is InChI=1S/C14H10BrFOS/c1-18-14-11(15)8-7-10(12(14)16)13(17)9-5-3-2-4-6-9/h2-8H,1H3. The first-order valence-electron chi connectivity index (χ1n) is 5.27. The second kappa shape index (κ2) is 5.67. The number of rotatable bonds is 3. The Hall–Kier alpha value is -1.13. The Morgan fingerprint density at radius 2 is 1.83 bits per heavy atom. The fourth-order valence-electron chi connectivity index (χ4n) is 1.64. The minimum atomic E-state index is -0.467. The number of hydrogen-bond donors (Lipinski definition) is 0. The van der Waals surface area contributed by atoms with Crippen LogP contribution < -0.4 is 0 Å². The molecule has 0 unspecified atom stereocenters. The predicted molar refractivity (Wildman–Crippen MR) is 75.8 cm³/mol. The highest BCUT2D eigenvalue weighted by Gasteiger charge is 2.18. The molecule has 0 saturated carbocycles. The number of halogens is 2.